The number of nitrogens with zero attached hydrogens (tertiary/aromatic N) is 1. The summed E-state index contributed by atoms with van der Waals surface area (Å²) >= 11 is 0. The topological polar surface area (TPSA) is 43.4 Å². The van der Waals surface area contributed by atoms with Gasteiger partial charge in [-0.05, 0) is 31.4 Å². The molecule has 0 atom stereocenters. The molecular formula is C17H22N2O2. The zero-order valence-corrected chi connectivity index (χ0v) is 12.9. The van der Waals surface area contributed by atoms with Gasteiger partial charge in [-0.25, -0.2) is 0 Å². The Morgan fingerprint density at radius 2 is 1.86 bits per heavy atom. The largest absolute Gasteiger partial charge is 0.493 e. The fourth-order valence-corrected chi connectivity index (χ4v) is 2.57. The normalized spacial score (nSPS) is 14.2. The Bertz CT molecular complexity index is 651. The number of fused-ring (bicyclic) bond motifs is 1. The molecule has 1 aromatic heterocycles. The van der Waals surface area contributed by atoms with E-state index in [2.05, 4.69) is 18.3 Å². The highest BCUT2D eigenvalue weighted by Crippen LogP contribution is 2.42. The van der Waals surface area contributed by atoms with Crippen LogP contribution in [-0.4, -0.2) is 25.7 Å². The lowest BCUT2D eigenvalue weighted by atomic mass is 10.1. The fraction of sp³-hybridized carbons (Fsp3) is 0.471. The monoisotopic (exact) mass is 286 g/mol. The zero-order valence-electron chi connectivity index (χ0n) is 12.9. The lowest BCUT2D eigenvalue weighted by molar-refractivity contribution is 0.356. The molecule has 0 bridgehead atoms. The molecule has 1 aromatic carbocycles. The van der Waals surface area contributed by atoms with E-state index in [0.717, 1.165) is 41.1 Å². The second kappa shape index (κ2) is 5.80. The Kier molecular flexibility index (Phi) is 3.86. The van der Waals surface area contributed by atoms with Gasteiger partial charge in [0.15, 0.2) is 11.5 Å². The van der Waals surface area contributed by atoms with Crippen molar-refractivity contribution in [3.63, 3.8) is 0 Å². The molecule has 2 aromatic rings. The minimum Gasteiger partial charge on any atom is -0.493 e. The molecule has 0 aliphatic heterocycles. The molecule has 1 heterocycles. The first-order valence-electron chi connectivity index (χ1n) is 7.57. The van der Waals surface area contributed by atoms with E-state index in [1.165, 1.54) is 18.5 Å². The van der Waals surface area contributed by atoms with Crippen molar-refractivity contribution in [3.05, 3.63) is 23.9 Å². The van der Waals surface area contributed by atoms with Crippen molar-refractivity contribution in [3.8, 4) is 11.5 Å². The first-order valence-corrected chi connectivity index (χ1v) is 7.57. The number of anilines is 1. The summed E-state index contributed by atoms with van der Waals surface area (Å²) in [6.45, 7) is 3.12. The summed E-state index contributed by atoms with van der Waals surface area (Å²) in [6, 6.07) is 6.18. The van der Waals surface area contributed by atoms with Crippen LogP contribution in [0.2, 0.25) is 0 Å². The molecule has 1 saturated carbocycles. The van der Waals surface area contributed by atoms with Gasteiger partial charge in [0.25, 0.3) is 0 Å². The van der Waals surface area contributed by atoms with E-state index in [4.69, 9.17) is 14.5 Å². The summed E-state index contributed by atoms with van der Waals surface area (Å²) < 4.78 is 10.8. The minimum atomic E-state index is 0.629. The van der Waals surface area contributed by atoms with Crippen LogP contribution in [-0.2, 0) is 0 Å². The van der Waals surface area contributed by atoms with Crippen LogP contribution < -0.4 is 14.8 Å². The number of rotatable bonds is 6. The summed E-state index contributed by atoms with van der Waals surface area (Å²) in [6.07, 6.45) is 3.59. The van der Waals surface area contributed by atoms with E-state index in [9.17, 15) is 0 Å². The van der Waals surface area contributed by atoms with Gasteiger partial charge < -0.3 is 14.8 Å². The smallest absolute Gasteiger partial charge is 0.162 e. The zero-order chi connectivity index (χ0) is 14.8. The molecule has 1 N–H and O–H groups in total. The van der Waals surface area contributed by atoms with E-state index < -0.39 is 0 Å². The average Bonchev–Trinajstić information content (AvgIpc) is 3.35. The molecular weight excluding hydrogens is 264 g/mol. The third kappa shape index (κ3) is 2.75. The molecule has 0 saturated heterocycles. The van der Waals surface area contributed by atoms with Gasteiger partial charge in [-0.3, -0.25) is 4.98 Å². The number of nitrogens with one attached hydrogen (secondary N) is 1. The number of pyridine rings is 1. The number of ether oxygens (including phenoxy) is 2. The molecule has 112 valence electrons. The highest BCUT2D eigenvalue weighted by Gasteiger charge is 2.26. The van der Waals surface area contributed by atoms with Crippen LogP contribution in [0.1, 0.15) is 37.8 Å². The van der Waals surface area contributed by atoms with Crippen LogP contribution in [0, 0.1) is 0 Å². The molecule has 21 heavy (non-hydrogen) atoms. The number of benzene rings is 1. The number of hydrogen-bond donors (Lipinski definition) is 1. The van der Waals surface area contributed by atoms with Gasteiger partial charge in [0.2, 0.25) is 0 Å². The summed E-state index contributed by atoms with van der Waals surface area (Å²) in [7, 11) is 3.32. The highest BCUT2D eigenvalue weighted by molar-refractivity contribution is 5.94. The van der Waals surface area contributed by atoms with Gasteiger partial charge in [0.05, 0.1) is 19.7 Å². The molecule has 1 fully saturated rings. The maximum absolute atomic E-state index is 5.41. The third-order valence-corrected chi connectivity index (χ3v) is 3.89. The van der Waals surface area contributed by atoms with E-state index in [0.29, 0.717) is 5.92 Å². The average molecular weight is 286 g/mol. The van der Waals surface area contributed by atoms with Gasteiger partial charge in [-0.15, -0.1) is 0 Å². The summed E-state index contributed by atoms with van der Waals surface area (Å²) in [4.78, 5) is 4.81. The van der Waals surface area contributed by atoms with Crippen LogP contribution in [0.15, 0.2) is 18.2 Å². The maximum atomic E-state index is 5.41. The van der Waals surface area contributed by atoms with Crippen molar-refractivity contribution in [2.24, 2.45) is 0 Å². The standard InChI is InChI=1S/C17H22N2O2/c1-4-7-18-14-9-13(11-5-6-11)19-15-10-17(21-3)16(20-2)8-12(14)15/h8-11H,4-7H2,1-3H3,(H,18,19). The predicted octanol–water partition coefficient (Wildman–Crippen LogP) is 3.95. The fourth-order valence-electron chi connectivity index (χ4n) is 2.57. The Morgan fingerprint density at radius 1 is 1.14 bits per heavy atom. The van der Waals surface area contributed by atoms with Crippen LogP contribution >= 0.6 is 0 Å². The van der Waals surface area contributed by atoms with Crippen molar-refractivity contribution in [1.29, 1.82) is 0 Å². The summed E-state index contributed by atoms with van der Waals surface area (Å²) in [5.41, 5.74) is 3.30. The second-order valence-corrected chi connectivity index (χ2v) is 5.52. The molecule has 1 aliphatic rings. The molecule has 1 aliphatic carbocycles. The number of aromatic nitrogens is 1. The van der Waals surface area contributed by atoms with E-state index in [1.54, 1.807) is 14.2 Å². The predicted molar refractivity (Wildman–Crippen MR) is 85.6 cm³/mol. The van der Waals surface area contributed by atoms with Gasteiger partial charge >= 0.3 is 0 Å². The van der Waals surface area contributed by atoms with Crippen molar-refractivity contribution < 1.29 is 9.47 Å². The van der Waals surface area contributed by atoms with E-state index >= 15 is 0 Å². The van der Waals surface area contributed by atoms with E-state index in [1.807, 2.05) is 12.1 Å². The first kappa shape index (κ1) is 14.0. The van der Waals surface area contributed by atoms with Gasteiger partial charge in [-0.2, -0.15) is 0 Å². The second-order valence-electron chi connectivity index (χ2n) is 5.52. The van der Waals surface area contributed by atoms with Crippen LogP contribution in [0.3, 0.4) is 0 Å². The molecule has 4 nitrogen and oxygen atoms in total. The maximum Gasteiger partial charge on any atom is 0.162 e. The highest BCUT2D eigenvalue weighted by atomic mass is 16.5. The van der Waals surface area contributed by atoms with Crippen LogP contribution in [0.5, 0.6) is 11.5 Å². The van der Waals surface area contributed by atoms with E-state index in [-0.39, 0.29) is 0 Å². The van der Waals surface area contributed by atoms with Gasteiger partial charge in [0.1, 0.15) is 0 Å². The molecule has 0 unspecified atom stereocenters. The molecule has 4 heteroatoms. The quantitative estimate of drug-likeness (QED) is 0.873. The summed E-state index contributed by atoms with van der Waals surface area (Å²) in [5.74, 6) is 2.10. The minimum absolute atomic E-state index is 0.629. The number of methoxy groups -OCH3 is 2. The van der Waals surface area contributed by atoms with Gasteiger partial charge in [0, 0.05) is 35.3 Å². The Balaban J connectivity index is 2.15. The van der Waals surface area contributed by atoms with Crippen molar-refractivity contribution >= 4 is 16.6 Å². The Labute approximate surface area is 125 Å². The lowest BCUT2D eigenvalue weighted by Crippen LogP contribution is -2.03. The lowest BCUT2D eigenvalue weighted by Gasteiger charge is -2.14. The Hall–Kier alpha value is -1.97. The van der Waals surface area contributed by atoms with Crippen molar-refractivity contribution in [2.75, 3.05) is 26.1 Å². The molecule has 0 spiro atoms. The van der Waals surface area contributed by atoms with Gasteiger partial charge in [-0.1, -0.05) is 6.92 Å². The molecule has 0 amide bonds. The van der Waals surface area contributed by atoms with Crippen molar-refractivity contribution in [2.45, 2.75) is 32.1 Å². The molecule has 3 rings (SSSR count). The van der Waals surface area contributed by atoms with Crippen LogP contribution in [0.4, 0.5) is 5.69 Å². The Morgan fingerprint density at radius 3 is 2.48 bits per heavy atom. The van der Waals surface area contributed by atoms with Crippen molar-refractivity contribution in [1.82, 2.24) is 4.98 Å². The first-order chi connectivity index (χ1) is 10.3. The SMILES string of the molecule is CCCNc1cc(C2CC2)nc2cc(OC)c(OC)cc12. The number of hydrogen-bond acceptors (Lipinski definition) is 4. The van der Waals surface area contributed by atoms with Crippen LogP contribution in [0.25, 0.3) is 10.9 Å². The summed E-state index contributed by atoms with van der Waals surface area (Å²) in [5, 5.41) is 4.60. The molecule has 0 radical (unpaired) electrons. The third-order valence-electron chi connectivity index (χ3n) is 3.89.